The third-order valence-electron chi connectivity index (χ3n) is 9.42. The summed E-state index contributed by atoms with van der Waals surface area (Å²) in [7, 11) is 6.60. The Morgan fingerprint density at radius 3 is 1.06 bits per heavy atom. The van der Waals surface area contributed by atoms with Crippen LogP contribution in [0.1, 0.15) is 11.1 Å². The first-order chi connectivity index (χ1) is 31.6. The SMILES string of the molecule is COc1c(-c2ccc(C(F)(F)F)cc2)cc(-c2ccc(C(F)(F)F)cc2)c(OC)c(=O)c1OC.COc1ccccc(-c2cncnc2)c1=O.COc1ccccc(-c2cncnc2)c1=O. The molecule has 18 heteroatoms. The Bertz CT molecular complexity index is 2830. The molecule has 2 heterocycles. The number of benzene rings is 2. The van der Waals surface area contributed by atoms with Crippen LogP contribution in [0.25, 0.3) is 44.5 Å². The summed E-state index contributed by atoms with van der Waals surface area (Å²) in [6.07, 6.45) is 0.130. The van der Waals surface area contributed by atoms with Crippen molar-refractivity contribution in [2.24, 2.45) is 0 Å². The molecule has 66 heavy (non-hydrogen) atoms. The molecule has 0 unspecified atom stereocenters. The lowest BCUT2D eigenvalue weighted by atomic mass is 9.99. The quantitative estimate of drug-likeness (QED) is 0.127. The number of hydrogen-bond donors (Lipinski definition) is 0. The Kier molecular flexibility index (Phi) is 16.3. The van der Waals surface area contributed by atoms with Gasteiger partial charge in [0.2, 0.25) is 16.6 Å². The minimum atomic E-state index is -4.56. The van der Waals surface area contributed by atoms with Crippen molar-refractivity contribution in [3.05, 3.63) is 182 Å². The summed E-state index contributed by atoms with van der Waals surface area (Å²) in [6, 6.07) is 23.3. The van der Waals surface area contributed by atoms with Gasteiger partial charge in [-0.25, -0.2) is 19.9 Å². The minimum absolute atomic E-state index is 0.0799. The van der Waals surface area contributed by atoms with Gasteiger partial charge < -0.3 is 23.7 Å². The van der Waals surface area contributed by atoms with E-state index in [1.807, 2.05) is 0 Å². The van der Waals surface area contributed by atoms with Crippen molar-refractivity contribution in [3.8, 4) is 73.3 Å². The van der Waals surface area contributed by atoms with E-state index >= 15 is 0 Å². The van der Waals surface area contributed by atoms with Gasteiger partial charge in [0.15, 0.2) is 23.0 Å². The van der Waals surface area contributed by atoms with Crippen LogP contribution >= 0.6 is 0 Å². The molecular weight excluding hydrogens is 875 g/mol. The predicted octanol–water partition coefficient (Wildman–Crippen LogP) is 9.47. The van der Waals surface area contributed by atoms with Gasteiger partial charge in [0.1, 0.15) is 12.7 Å². The van der Waals surface area contributed by atoms with Crippen molar-refractivity contribution < 1.29 is 50.0 Å². The maximum atomic E-state index is 13.1. The van der Waals surface area contributed by atoms with Crippen LogP contribution in [0.3, 0.4) is 0 Å². The number of ether oxygens (including phenoxy) is 5. The zero-order valence-electron chi connectivity index (χ0n) is 35.6. The average molecular weight is 913 g/mol. The molecule has 0 aliphatic carbocycles. The fourth-order valence-electron chi connectivity index (χ4n) is 6.23. The van der Waals surface area contributed by atoms with E-state index in [0.717, 1.165) is 36.4 Å². The topological polar surface area (TPSA) is 149 Å². The van der Waals surface area contributed by atoms with E-state index in [9.17, 15) is 40.7 Å². The molecule has 0 saturated carbocycles. The van der Waals surface area contributed by atoms with E-state index in [1.54, 1.807) is 73.3 Å². The molecule has 0 aliphatic rings. The van der Waals surface area contributed by atoms with Crippen LogP contribution in [-0.4, -0.2) is 55.5 Å². The fraction of sp³-hybridized carbons (Fsp3) is 0.146. The van der Waals surface area contributed by atoms with Gasteiger partial charge >= 0.3 is 12.4 Å². The first-order valence-corrected chi connectivity index (χ1v) is 19.2. The highest BCUT2D eigenvalue weighted by Gasteiger charge is 2.32. The van der Waals surface area contributed by atoms with Gasteiger partial charge in [-0.3, -0.25) is 14.4 Å². The van der Waals surface area contributed by atoms with E-state index in [1.165, 1.54) is 66.4 Å². The molecule has 7 rings (SSSR count). The van der Waals surface area contributed by atoms with Gasteiger partial charge in [0.25, 0.3) is 5.43 Å². The highest BCUT2D eigenvalue weighted by molar-refractivity contribution is 5.82. The maximum Gasteiger partial charge on any atom is 0.416 e. The van der Waals surface area contributed by atoms with Crippen LogP contribution in [0.4, 0.5) is 26.3 Å². The van der Waals surface area contributed by atoms with E-state index in [0.29, 0.717) is 33.8 Å². The van der Waals surface area contributed by atoms with Gasteiger partial charge in [-0.15, -0.1) is 0 Å². The number of alkyl halides is 6. The third-order valence-corrected chi connectivity index (χ3v) is 9.42. The molecule has 0 fully saturated rings. The Hall–Kier alpha value is -8.15. The lowest BCUT2D eigenvalue weighted by Crippen LogP contribution is -2.08. The number of nitrogens with zero attached hydrogens (tertiary/aromatic N) is 4. The van der Waals surface area contributed by atoms with Gasteiger partial charge in [-0.1, -0.05) is 60.7 Å². The summed E-state index contributed by atoms with van der Waals surface area (Å²) < 4.78 is 104. The summed E-state index contributed by atoms with van der Waals surface area (Å²) in [5.74, 6) is 0.0110. The molecule has 0 aliphatic heterocycles. The van der Waals surface area contributed by atoms with Crippen LogP contribution in [-0.2, 0) is 12.4 Å². The van der Waals surface area contributed by atoms with Crippen molar-refractivity contribution in [3.63, 3.8) is 0 Å². The highest BCUT2D eigenvalue weighted by Crippen LogP contribution is 2.42. The van der Waals surface area contributed by atoms with Crippen LogP contribution in [0, 0.1) is 0 Å². The van der Waals surface area contributed by atoms with Crippen molar-refractivity contribution in [1.82, 2.24) is 19.9 Å². The lowest BCUT2D eigenvalue weighted by molar-refractivity contribution is -0.138. The standard InChI is InChI=1S/C24H18F6O4.2C12H10N2O2/c1-32-20-17(13-4-8-15(9-5-13)23(25,26)27)12-18(21(33-2)22(34-3)19(20)31)14-6-10-16(11-7-14)24(28,29)30;2*1-16-11-5-3-2-4-10(12(11)15)9-6-13-8-14-7-9/h4-12H,1-3H3;2*2-8H,1H3. The Morgan fingerprint density at radius 2 is 0.727 bits per heavy atom. The van der Waals surface area contributed by atoms with Crippen molar-refractivity contribution in [2.75, 3.05) is 35.5 Å². The average Bonchev–Trinajstić information content (AvgIpc) is 3.69. The van der Waals surface area contributed by atoms with E-state index in [4.69, 9.17) is 23.7 Å². The van der Waals surface area contributed by atoms with Crippen molar-refractivity contribution in [2.45, 2.75) is 12.4 Å². The monoisotopic (exact) mass is 912 g/mol. The molecule has 340 valence electrons. The molecule has 0 bridgehead atoms. The molecule has 0 spiro atoms. The molecule has 0 radical (unpaired) electrons. The molecule has 0 amide bonds. The Labute approximate surface area is 372 Å². The van der Waals surface area contributed by atoms with Gasteiger partial charge in [0.05, 0.1) is 46.7 Å². The molecular formula is C48H38F6N4O8. The summed E-state index contributed by atoms with van der Waals surface area (Å²) in [4.78, 5) is 52.7. The normalized spacial score (nSPS) is 10.8. The summed E-state index contributed by atoms with van der Waals surface area (Å²) in [5, 5.41) is 0. The van der Waals surface area contributed by atoms with Gasteiger partial charge in [-0.05, 0) is 53.6 Å². The number of halogens is 6. The molecule has 2 aromatic heterocycles. The number of aromatic nitrogens is 4. The number of hydrogen-bond acceptors (Lipinski definition) is 12. The zero-order chi connectivity index (χ0) is 48.0. The fourth-order valence-corrected chi connectivity index (χ4v) is 6.23. The van der Waals surface area contributed by atoms with E-state index in [-0.39, 0.29) is 50.4 Å². The van der Waals surface area contributed by atoms with E-state index < -0.39 is 28.9 Å². The van der Waals surface area contributed by atoms with Crippen molar-refractivity contribution >= 4 is 0 Å². The summed E-state index contributed by atoms with van der Waals surface area (Å²) in [5.41, 5.74) is 0.280. The molecule has 0 saturated heterocycles. The summed E-state index contributed by atoms with van der Waals surface area (Å²) in [6.45, 7) is 0. The number of methoxy groups -OCH3 is 5. The van der Waals surface area contributed by atoms with Crippen LogP contribution in [0.15, 0.2) is 155 Å². The second-order valence-corrected chi connectivity index (χ2v) is 13.4. The smallest absolute Gasteiger partial charge is 0.416 e. The van der Waals surface area contributed by atoms with Crippen LogP contribution in [0.2, 0.25) is 0 Å². The first kappa shape index (κ1) is 48.9. The predicted molar refractivity (Wildman–Crippen MR) is 234 cm³/mol. The van der Waals surface area contributed by atoms with Crippen molar-refractivity contribution in [1.29, 1.82) is 0 Å². The second-order valence-electron chi connectivity index (χ2n) is 13.4. The number of rotatable bonds is 9. The van der Waals surface area contributed by atoms with Crippen LogP contribution < -0.4 is 40.0 Å². The maximum absolute atomic E-state index is 13.1. The summed E-state index contributed by atoms with van der Waals surface area (Å²) >= 11 is 0. The van der Waals surface area contributed by atoms with Gasteiger partial charge in [0, 0.05) is 58.2 Å². The third kappa shape index (κ3) is 11.7. The van der Waals surface area contributed by atoms with Gasteiger partial charge in [-0.2, -0.15) is 26.3 Å². The molecule has 0 N–H and O–H groups in total. The molecule has 12 nitrogen and oxygen atoms in total. The highest BCUT2D eigenvalue weighted by atomic mass is 19.4. The molecule has 5 aromatic carbocycles. The second kappa shape index (κ2) is 22.0. The Morgan fingerprint density at radius 1 is 0.379 bits per heavy atom. The molecule has 0 atom stereocenters. The minimum Gasteiger partial charge on any atom is -0.493 e. The largest absolute Gasteiger partial charge is 0.493 e. The van der Waals surface area contributed by atoms with Crippen LogP contribution in [0.5, 0.6) is 28.7 Å². The Balaban J connectivity index is 0.000000211. The molecule has 7 aromatic rings. The van der Waals surface area contributed by atoms with E-state index in [2.05, 4.69) is 19.9 Å². The zero-order valence-corrected chi connectivity index (χ0v) is 35.6. The lowest BCUT2D eigenvalue weighted by Gasteiger charge is -2.11. The first-order valence-electron chi connectivity index (χ1n) is 19.2.